The normalized spacial score (nSPS) is 34.3. The molecule has 4 heterocycles. The van der Waals surface area contributed by atoms with Gasteiger partial charge in [0.15, 0.2) is 11.5 Å². The predicted molar refractivity (Wildman–Crippen MR) is 108 cm³/mol. The maximum absolute atomic E-state index is 13.6. The minimum absolute atomic E-state index is 0.0648. The maximum atomic E-state index is 13.6. The van der Waals surface area contributed by atoms with E-state index < -0.39 is 17.7 Å². The van der Waals surface area contributed by atoms with Gasteiger partial charge >= 0.3 is 6.09 Å². The summed E-state index contributed by atoms with van der Waals surface area (Å²) >= 11 is 0. The average Bonchev–Trinajstić information content (AvgIpc) is 3.11. The molecule has 0 spiro atoms. The molecule has 3 N–H and O–H groups in total. The lowest BCUT2D eigenvalue weighted by molar-refractivity contribution is -0.137. The lowest BCUT2D eigenvalue weighted by Crippen LogP contribution is -2.55. The molecule has 0 radical (unpaired) electrons. The molecule has 3 saturated heterocycles. The molecule has 0 bridgehead atoms. The molecule has 3 unspecified atom stereocenters. The predicted octanol–water partition coefficient (Wildman–Crippen LogP) is -0.497. The van der Waals surface area contributed by atoms with Crippen molar-refractivity contribution in [1.29, 1.82) is 0 Å². The molecular formula is C21H28N4O6. The molecule has 10 nitrogen and oxygen atoms in total. The highest BCUT2D eigenvalue weighted by Gasteiger charge is 2.72. The van der Waals surface area contributed by atoms with Gasteiger partial charge in [0.2, 0.25) is 11.6 Å². The zero-order valence-electron chi connectivity index (χ0n) is 17.8. The molecule has 5 rings (SSSR count). The lowest BCUT2D eigenvalue weighted by atomic mass is 9.83. The van der Waals surface area contributed by atoms with E-state index in [0.29, 0.717) is 36.5 Å². The Balaban J connectivity index is 1.44. The molecule has 4 atom stereocenters. The topological polar surface area (TPSA) is 133 Å². The SMILES string of the molecule is CO[C@@]12C(COC(N)=O)C3=C(C(=O)C(C)=C(OCCN4CCCC4)C3=O)N1CC1NC12. The van der Waals surface area contributed by atoms with Crippen LogP contribution in [0.2, 0.25) is 0 Å². The molecule has 0 aromatic rings. The molecule has 0 saturated carbocycles. The number of methoxy groups -OCH3 is 1. The molecule has 3 fully saturated rings. The number of rotatable bonds is 7. The average molecular weight is 432 g/mol. The Morgan fingerprint density at radius 3 is 2.68 bits per heavy atom. The first kappa shape index (κ1) is 20.5. The van der Waals surface area contributed by atoms with Gasteiger partial charge in [-0.15, -0.1) is 0 Å². The van der Waals surface area contributed by atoms with Crippen LogP contribution in [0, 0.1) is 5.92 Å². The third-order valence-corrected chi connectivity index (χ3v) is 7.23. The van der Waals surface area contributed by atoms with Gasteiger partial charge < -0.3 is 30.2 Å². The van der Waals surface area contributed by atoms with Crippen molar-refractivity contribution < 1.29 is 28.6 Å². The second-order valence-electron chi connectivity index (χ2n) is 8.77. The van der Waals surface area contributed by atoms with E-state index in [1.165, 1.54) is 12.8 Å². The smallest absolute Gasteiger partial charge is 0.404 e. The van der Waals surface area contributed by atoms with Gasteiger partial charge in [-0.25, -0.2) is 4.79 Å². The van der Waals surface area contributed by atoms with Gasteiger partial charge in [0.25, 0.3) is 0 Å². The monoisotopic (exact) mass is 432 g/mol. The zero-order chi connectivity index (χ0) is 21.9. The molecule has 31 heavy (non-hydrogen) atoms. The Kier molecular flexibility index (Phi) is 4.83. The number of piperazine rings is 1. The fourth-order valence-electron chi connectivity index (χ4n) is 5.72. The van der Waals surface area contributed by atoms with Crippen LogP contribution in [-0.4, -0.2) is 91.8 Å². The minimum atomic E-state index is -0.971. The van der Waals surface area contributed by atoms with Gasteiger partial charge in [-0.05, 0) is 32.9 Å². The molecule has 1 aliphatic carbocycles. The number of hydrogen-bond donors (Lipinski definition) is 2. The van der Waals surface area contributed by atoms with Gasteiger partial charge in [-0.2, -0.15) is 0 Å². The third kappa shape index (κ3) is 2.92. The number of Topliss-reactive ketones (excluding diaryl/α,β-unsaturated/α-hetero) is 2. The summed E-state index contributed by atoms with van der Waals surface area (Å²) in [5, 5.41) is 3.34. The maximum Gasteiger partial charge on any atom is 0.404 e. The van der Waals surface area contributed by atoms with E-state index in [9.17, 15) is 14.4 Å². The highest BCUT2D eigenvalue weighted by Crippen LogP contribution is 2.55. The summed E-state index contributed by atoms with van der Waals surface area (Å²) in [7, 11) is 1.55. The number of fused-ring (bicyclic) bond motifs is 4. The van der Waals surface area contributed by atoms with Crippen molar-refractivity contribution in [3.63, 3.8) is 0 Å². The van der Waals surface area contributed by atoms with Crippen LogP contribution < -0.4 is 11.1 Å². The van der Waals surface area contributed by atoms with Crippen LogP contribution in [0.5, 0.6) is 0 Å². The first-order valence-electron chi connectivity index (χ1n) is 10.8. The lowest BCUT2D eigenvalue weighted by Gasteiger charge is -2.39. The van der Waals surface area contributed by atoms with Crippen molar-refractivity contribution in [2.24, 2.45) is 11.7 Å². The van der Waals surface area contributed by atoms with E-state index in [0.717, 1.165) is 13.1 Å². The van der Waals surface area contributed by atoms with Crippen molar-refractivity contribution in [2.75, 3.05) is 46.5 Å². The Labute approximate surface area is 180 Å². The van der Waals surface area contributed by atoms with Crippen LogP contribution in [0.4, 0.5) is 4.79 Å². The van der Waals surface area contributed by atoms with E-state index in [1.54, 1.807) is 14.0 Å². The van der Waals surface area contributed by atoms with Crippen LogP contribution in [-0.2, 0) is 23.8 Å². The Hall–Kier alpha value is -2.43. The second kappa shape index (κ2) is 7.32. The number of nitrogens with zero attached hydrogens (tertiary/aromatic N) is 2. The van der Waals surface area contributed by atoms with Crippen LogP contribution in [0.15, 0.2) is 22.6 Å². The molecule has 5 aliphatic rings. The molecule has 4 aliphatic heterocycles. The Morgan fingerprint density at radius 1 is 1.26 bits per heavy atom. The first-order chi connectivity index (χ1) is 14.9. The fourth-order valence-corrected chi connectivity index (χ4v) is 5.72. The van der Waals surface area contributed by atoms with E-state index in [4.69, 9.17) is 19.9 Å². The number of ether oxygens (including phenoxy) is 3. The van der Waals surface area contributed by atoms with Crippen LogP contribution in [0.3, 0.4) is 0 Å². The van der Waals surface area contributed by atoms with Gasteiger partial charge in [-0.1, -0.05) is 0 Å². The van der Waals surface area contributed by atoms with E-state index >= 15 is 0 Å². The van der Waals surface area contributed by atoms with Crippen molar-refractivity contribution in [2.45, 2.75) is 37.6 Å². The minimum Gasteiger partial charge on any atom is -0.488 e. The number of hydrogen-bond acceptors (Lipinski definition) is 9. The summed E-state index contributed by atoms with van der Waals surface area (Å²) in [6, 6.07) is 0.0976. The van der Waals surface area contributed by atoms with Crippen LogP contribution >= 0.6 is 0 Å². The van der Waals surface area contributed by atoms with E-state index in [2.05, 4.69) is 10.2 Å². The Morgan fingerprint density at radius 2 is 2.00 bits per heavy atom. The molecule has 10 heteroatoms. The summed E-state index contributed by atoms with van der Waals surface area (Å²) in [5.41, 5.74) is 5.17. The summed E-state index contributed by atoms with van der Waals surface area (Å²) < 4.78 is 16.9. The molecule has 0 aromatic carbocycles. The number of amides is 1. The van der Waals surface area contributed by atoms with Crippen LogP contribution in [0.25, 0.3) is 0 Å². The number of nitrogens with two attached hydrogens (primary N) is 1. The second-order valence-corrected chi connectivity index (χ2v) is 8.77. The zero-order valence-corrected chi connectivity index (χ0v) is 17.8. The van der Waals surface area contributed by atoms with Gasteiger partial charge in [0, 0.05) is 37.4 Å². The van der Waals surface area contributed by atoms with Crippen molar-refractivity contribution in [3.05, 3.63) is 22.6 Å². The molecule has 1 amide bonds. The number of carbonyl (C=O) groups excluding carboxylic acids is 3. The standard InChI is InChI=1S/C21H28N4O6/c1-11-16(26)15-14(17(27)18(11)30-8-7-24-5-3-4-6-24)12(10-31-20(22)28)21(29-2)19-13(23-19)9-25(15)21/h12-13,19,23H,3-10H2,1-2H3,(H2,22,28)/t12?,13?,19?,21-/m1/s1. The van der Waals surface area contributed by atoms with E-state index in [1.807, 2.05) is 4.90 Å². The van der Waals surface area contributed by atoms with Gasteiger partial charge in [0.05, 0.1) is 17.7 Å². The first-order valence-corrected chi connectivity index (χ1v) is 10.8. The fraction of sp³-hybridized carbons (Fsp3) is 0.667. The number of likely N-dealkylation sites (tertiary alicyclic amines) is 1. The molecule has 0 aromatic heterocycles. The number of allylic oxidation sites excluding steroid dienone is 2. The quantitative estimate of drug-likeness (QED) is 0.403. The summed E-state index contributed by atoms with van der Waals surface area (Å²) in [5.74, 6) is -1.14. The highest BCUT2D eigenvalue weighted by atomic mass is 16.6. The van der Waals surface area contributed by atoms with E-state index in [-0.39, 0.29) is 36.0 Å². The van der Waals surface area contributed by atoms with Gasteiger partial charge in [-0.3, -0.25) is 14.5 Å². The number of ketones is 2. The van der Waals surface area contributed by atoms with Crippen LogP contribution in [0.1, 0.15) is 19.8 Å². The van der Waals surface area contributed by atoms with Gasteiger partial charge in [0.1, 0.15) is 13.2 Å². The molecular weight excluding hydrogens is 404 g/mol. The number of primary amides is 1. The molecule has 168 valence electrons. The van der Waals surface area contributed by atoms with Crippen molar-refractivity contribution in [1.82, 2.24) is 15.1 Å². The summed E-state index contributed by atoms with van der Waals surface area (Å²) in [6.07, 6.45) is 1.40. The largest absolute Gasteiger partial charge is 0.488 e. The highest BCUT2D eigenvalue weighted by molar-refractivity contribution is 6.25. The number of carbonyl (C=O) groups is 3. The van der Waals surface area contributed by atoms with Crippen molar-refractivity contribution in [3.8, 4) is 0 Å². The van der Waals surface area contributed by atoms with Crippen molar-refractivity contribution >= 4 is 17.7 Å². The number of nitrogens with one attached hydrogen (secondary N) is 1. The summed E-state index contributed by atoms with van der Waals surface area (Å²) in [6.45, 7) is 5.12. The third-order valence-electron chi connectivity index (χ3n) is 7.23. The summed E-state index contributed by atoms with van der Waals surface area (Å²) in [4.78, 5) is 42.4. The Bertz CT molecular complexity index is 908.